The Hall–Kier alpha value is -1.36. The summed E-state index contributed by atoms with van der Waals surface area (Å²) in [5.74, 6) is 2.28. The fourth-order valence-electron chi connectivity index (χ4n) is 1.75. The van der Waals surface area contributed by atoms with Crippen LogP contribution >= 0.6 is 11.8 Å². The minimum absolute atomic E-state index is 0.0130. The maximum Gasteiger partial charge on any atom is 0.251 e. The Bertz CT molecular complexity index is 416. The van der Waals surface area contributed by atoms with Crippen LogP contribution < -0.4 is 10.1 Å². The summed E-state index contributed by atoms with van der Waals surface area (Å²) in [4.78, 5) is 11.9. The van der Waals surface area contributed by atoms with Crippen LogP contribution in [-0.4, -0.2) is 35.7 Å². The number of methoxy groups -OCH3 is 1. The summed E-state index contributed by atoms with van der Waals surface area (Å²) in [6.07, 6.45) is 1.01. The molecular formula is C12H15NO3S. The predicted octanol–water partition coefficient (Wildman–Crippen LogP) is 1.64. The van der Waals surface area contributed by atoms with Crippen molar-refractivity contribution in [2.45, 2.75) is 12.5 Å². The molecule has 0 aliphatic carbocycles. The topological polar surface area (TPSA) is 58.6 Å². The second-order valence-electron chi connectivity index (χ2n) is 3.92. The summed E-state index contributed by atoms with van der Waals surface area (Å²) in [5, 5.41) is 12.5. The van der Waals surface area contributed by atoms with Gasteiger partial charge in [-0.25, -0.2) is 0 Å². The molecule has 1 amide bonds. The zero-order valence-electron chi connectivity index (χ0n) is 9.60. The molecule has 1 aliphatic heterocycles. The lowest BCUT2D eigenvalue weighted by Crippen LogP contribution is -2.34. The molecule has 1 heterocycles. The fourth-order valence-corrected chi connectivity index (χ4v) is 2.90. The zero-order chi connectivity index (χ0) is 12.3. The third-order valence-corrected chi connectivity index (χ3v) is 3.87. The number of amides is 1. The number of nitrogens with one attached hydrogen (secondary N) is 1. The van der Waals surface area contributed by atoms with E-state index in [9.17, 15) is 9.90 Å². The third-order valence-electron chi connectivity index (χ3n) is 2.71. The molecule has 4 nitrogen and oxygen atoms in total. The first-order valence-electron chi connectivity index (χ1n) is 5.46. The molecule has 1 unspecified atom stereocenters. The maximum atomic E-state index is 11.9. The van der Waals surface area contributed by atoms with Gasteiger partial charge in [0.2, 0.25) is 0 Å². The first kappa shape index (κ1) is 12.1. The number of hydrogen-bond donors (Lipinski definition) is 2. The Labute approximate surface area is 104 Å². The number of hydrogen-bond acceptors (Lipinski definition) is 4. The predicted molar refractivity (Wildman–Crippen MR) is 67.9 cm³/mol. The van der Waals surface area contributed by atoms with Gasteiger partial charge in [-0.15, -0.1) is 0 Å². The van der Waals surface area contributed by atoms with E-state index < -0.39 is 0 Å². The monoisotopic (exact) mass is 253 g/mol. The molecule has 0 aromatic heterocycles. The number of thioether (sulfide) groups is 1. The maximum absolute atomic E-state index is 11.9. The third kappa shape index (κ3) is 2.85. The zero-order valence-corrected chi connectivity index (χ0v) is 10.4. The smallest absolute Gasteiger partial charge is 0.251 e. The largest absolute Gasteiger partial charge is 0.504 e. The molecule has 17 heavy (non-hydrogen) atoms. The Morgan fingerprint density at radius 2 is 2.41 bits per heavy atom. The minimum Gasteiger partial charge on any atom is -0.504 e. The molecule has 0 radical (unpaired) electrons. The first-order chi connectivity index (χ1) is 8.20. The molecule has 1 aromatic carbocycles. The number of carbonyl (C=O) groups excluding carboxylic acids is 1. The van der Waals surface area contributed by atoms with Crippen LogP contribution in [0.4, 0.5) is 0 Å². The summed E-state index contributed by atoms with van der Waals surface area (Å²) in [6, 6.07) is 4.91. The van der Waals surface area contributed by atoms with Crippen LogP contribution in [0.3, 0.4) is 0 Å². The van der Waals surface area contributed by atoms with E-state index in [-0.39, 0.29) is 17.7 Å². The molecule has 1 fully saturated rings. The van der Waals surface area contributed by atoms with Gasteiger partial charge in [-0.2, -0.15) is 11.8 Å². The number of ether oxygens (including phenoxy) is 1. The molecule has 1 saturated heterocycles. The van der Waals surface area contributed by atoms with Crippen LogP contribution in [0.2, 0.25) is 0 Å². The van der Waals surface area contributed by atoms with E-state index in [0.717, 1.165) is 17.9 Å². The van der Waals surface area contributed by atoms with Crippen LogP contribution in [0, 0.1) is 0 Å². The van der Waals surface area contributed by atoms with Crippen molar-refractivity contribution in [3.63, 3.8) is 0 Å². The van der Waals surface area contributed by atoms with Gasteiger partial charge in [0, 0.05) is 17.4 Å². The molecule has 0 spiro atoms. The van der Waals surface area contributed by atoms with Crippen LogP contribution in [0.5, 0.6) is 11.5 Å². The SMILES string of the molecule is COc1ccc(C(=O)NC2CCSC2)cc1O. The van der Waals surface area contributed by atoms with Gasteiger partial charge < -0.3 is 15.2 Å². The molecule has 2 N–H and O–H groups in total. The lowest BCUT2D eigenvalue weighted by atomic mass is 10.1. The number of carbonyl (C=O) groups is 1. The van der Waals surface area contributed by atoms with Crippen LogP contribution in [0.15, 0.2) is 18.2 Å². The van der Waals surface area contributed by atoms with Crippen LogP contribution in [0.1, 0.15) is 16.8 Å². The molecule has 5 heteroatoms. The minimum atomic E-state index is -0.143. The molecular weight excluding hydrogens is 238 g/mol. The van der Waals surface area contributed by atoms with Gasteiger partial charge >= 0.3 is 0 Å². The highest BCUT2D eigenvalue weighted by Crippen LogP contribution is 2.26. The number of phenols is 1. The highest BCUT2D eigenvalue weighted by molar-refractivity contribution is 7.99. The quantitative estimate of drug-likeness (QED) is 0.859. The van der Waals surface area contributed by atoms with Gasteiger partial charge in [0.15, 0.2) is 11.5 Å². The number of aromatic hydroxyl groups is 1. The molecule has 0 saturated carbocycles. The van der Waals surface area contributed by atoms with Gasteiger partial charge in [-0.1, -0.05) is 0 Å². The summed E-state index contributed by atoms with van der Waals surface area (Å²) in [5.41, 5.74) is 0.459. The Morgan fingerprint density at radius 3 is 3.00 bits per heavy atom. The van der Waals surface area contributed by atoms with Crippen molar-refractivity contribution in [3.8, 4) is 11.5 Å². The van der Waals surface area contributed by atoms with Crippen molar-refractivity contribution in [2.75, 3.05) is 18.6 Å². The highest BCUT2D eigenvalue weighted by atomic mass is 32.2. The van der Waals surface area contributed by atoms with Crippen molar-refractivity contribution in [2.24, 2.45) is 0 Å². The van der Waals surface area contributed by atoms with Gasteiger partial charge in [-0.05, 0) is 30.4 Å². The Morgan fingerprint density at radius 1 is 1.59 bits per heavy atom. The van der Waals surface area contributed by atoms with E-state index in [0.29, 0.717) is 11.3 Å². The molecule has 2 rings (SSSR count). The summed E-state index contributed by atoms with van der Waals surface area (Å²) in [7, 11) is 1.48. The van der Waals surface area contributed by atoms with Gasteiger partial charge in [0.05, 0.1) is 7.11 Å². The van der Waals surface area contributed by atoms with Crippen molar-refractivity contribution in [1.29, 1.82) is 0 Å². The van der Waals surface area contributed by atoms with E-state index in [1.54, 1.807) is 12.1 Å². The van der Waals surface area contributed by atoms with E-state index >= 15 is 0 Å². The molecule has 1 aromatic rings. The van der Waals surface area contributed by atoms with Crippen molar-refractivity contribution in [3.05, 3.63) is 23.8 Å². The van der Waals surface area contributed by atoms with Gasteiger partial charge in [-0.3, -0.25) is 4.79 Å². The molecule has 1 aliphatic rings. The second-order valence-corrected chi connectivity index (χ2v) is 5.07. The molecule has 92 valence electrons. The highest BCUT2D eigenvalue weighted by Gasteiger charge is 2.18. The van der Waals surface area contributed by atoms with Crippen LogP contribution in [-0.2, 0) is 0 Å². The summed E-state index contributed by atoms with van der Waals surface area (Å²) in [6.45, 7) is 0. The summed E-state index contributed by atoms with van der Waals surface area (Å²) < 4.78 is 4.93. The number of benzene rings is 1. The fraction of sp³-hybridized carbons (Fsp3) is 0.417. The average Bonchev–Trinajstić information content (AvgIpc) is 2.81. The standard InChI is InChI=1S/C12H15NO3S/c1-16-11-3-2-8(6-10(11)14)12(15)13-9-4-5-17-7-9/h2-3,6,9,14H,4-5,7H2,1H3,(H,13,15). The average molecular weight is 253 g/mol. The van der Waals surface area contributed by atoms with E-state index in [2.05, 4.69) is 5.32 Å². The lowest BCUT2D eigenvalue weighted by molar-refractivity contribution is 0.0940. The number of rotatable bonds is 3. The van der Waals surface area contributed by atoms with E-state index in [1.165, 1.54) is 13.2 Å². The summed E-state index contributed by atoms with van der Waals surface area (Å²) >= 11 is 1.84. The Balaban J connectivity index is 2.05. The Kier molecular flexibility index (Phi) is 3.78. The normalized spacial score (nSPS) is 19.0. The molecule has 0 bridgehead atoms. The van der Waals surface area contributed by atoms with Gasteiger partial charge in [0.25, 0.3) is 5.91 Å². The van der Waals surface area contributed by atoms with Crippen molar-refractivity contribution < 1.29 is 14.6 Å². The van der Waals surface area contributed by atoms with E-state index in [1.807, 2.05) is 11.8 Å². The van der Waals surface area contributed by atoms with E-state index in [4.69, 9.17) is 4.74 Å². The van der Waals surface area contributed by atoms with Crippen molar-refractivity contribution >= 4 is 17.7 Å². The van der Waals surface area contributed by atoms with Crippen LogP contribution in [0.25, 0.3) is 0 Å². The molecule has 1 atom stereocenters. The first-order valence-corrected chi connectivity index (χ1v) is 6.62. The second kappa shape index (κ2) is 5.31. The van der Waals surface area contributed by atoms with Gasteiger partial charge in [0.1, 0.15) is 0 Å². The lowest BCUT2D eigenvalue weighted by Gasteiger charge is -2.12. The number of phenolic OH excluding ortho intramolecular Hbond substituents is 1. The van der Waals surface area contributed by atoms with Crippen molar-refractivity contribution in [1.82, 2.24) is 5.32 Å².